The number of esters is 1. The number of carbonyl (C=O) groups excluding carboxylic acids is 3. The minimum Gasteiger partial charge on any atom is -0.465 e. The Hall–Kier alpha value is -3.00. The molecule has 2 amide bonds. The van der Waals surface area contributed by atoms with Crippen molar-refractivity contribution in [2.24, 2.45) is 5.10 Å². The quantitative estimate of drug-likeness (QED) is 0.357. The van der Waals surface area contributed by atoms with Crippen molar-refractivity contribution in [3.63, 3.8) is 0 Å². The van der Waals surface area contributed by atoms with Gasteiger partial charge in [-0.25, -0.2) is 10.2 Å². The summed E-state index contributed by atoms with van der Waals surface area (Å²) in [7, 11) is 1.29. The zero-order chi connectivity index (χ0) is 19.2. The molecule has 0 saturated heterocycles. The van der Waals surface area contributed by atoms with E-state index in [1.165, 1.54) is 24.7 Å². The van der Waals surface area contributed by atoms with Gasteiger partial charge in [0.15, 0.2) is 0 Å². The monoisotopic (exact) mass is 385 g/mol. The minimum atomic E-state index is -0.899. The van der Waals surface area contributed by atoms with Gasteiger partial charge in [0.25, 0.3) is 0 Å². The lowest BCUT2D eigenvalue weighted by Gasteiger charge is -2.06. The number of carbonyl (C=O) groups is 3. The van der Waals surface area contributed by atoms with E-state index in [0.29, 0.717) is 17.0 Å². The second kappa shape index (κ2) is 8.59. The number of thiophene rings is 1. The van der Waals surface area contributed by atoms with Crippen molar-refractivity contribution in [3.05, 3.63) is 51.9 Å². The van der Waals surface area contributed by atoms with Crippen LogP contribution in [0.1, 0.15) is 32.8 Å². The molecule has 0 atom stereocenters. The first-order valence-electron chi connectivity index (χ1n) is 8.49. The maximum absolute atomic E-state index is 12.1. The highest BCUT2D eigenvalue weighted by molar-refractivity contribution is 7.17. The number of hydrogen-bond acceptors (Lipinski definition) is 6. The molecule has 27 heavy (non-hydrogen) atoms. The van der Waals surface area contributed by atoms with Gasteiger partial charge in [0.1, 0.15) is 5.00 Å². The Morgan fingerprint density at radius 2 is 1.96 bits per heavy atom. The van der Waals surface area contributed by atoms with Gasteiger partial charge in [-0.05, 0) is 30.4 Å². The number of ether oxygens (including phenoxy) is 1. The van der Waals surface area contributed by atoms with E-state index < -0.39 is 17.8 Å². The van der Waals surface area contributed by atoms with Crippen LogP contribution in [-0.4, -0.2) is 31.1 Å². The first-order valence-corrected chi connectivity index (χ1v) is 9.31. The number of amides is 2. The molecule has 7 nitrogen and oxygen atoms in total. The van der Waals surface area contributed by atoms with Crippen LogP contribution >= 0.6 is 11.3 Å². The van der Waals surface area contributed by atoms with Crippen LogP contribution in [0.25, 0.3) is 0 Å². The van der Waals surface area contributed by atoms with E-state index in [2.05, 4.69) is 15.8 Å². The molecule has 0 fully saturated rings. The van der Waals surface area contributed by atoms with Gasteiger partial charge in [-0.1, -0.05) is 30.3 Å². The summed E-state index contributed by atoms with van der Waals surface area (Å²) >= 11 is 1.31. The number of nitrogens with one attached hydrogen (secondary N) is 2. The molecule has 3 rings (SSSR count). The molecular formula is C19H19N3O4S. The molecule has 2 N–H and O–H groups in total. The van der Waals surface area contributed by atoms with Crippen LogP contribution in [0.2, 0.25) is 0 Å². The summed E-state index contributed by atoms with van der Waals surface area (Å²) in [6.07, 6.45) is 4.64. The maximum atomic E-state index is 12.1. The van der Waals surface area contributed by atoms with Crippen molar-refractivity contribution in [1.29, 1.82) is 0 Å². The van der Waals surface area contributed by atoms with Gasteiger partial charge < -0.3 is 10.1 Å². The molecule has 1 aromatic carbocycles. The highest BCUT2D eigenvalue weighted by Gasteiger charge is 2.29. The predicted molar refractivity (Wildman–Crippen MR) is 103 cm³/mol. The van der Waals surface area contributed by atoms with Crippen molar-refractivity contribution >= 4 is 40.3 Å². The molecule has 1 aliphatic carbocycles. The van der Waals surface area contributed by atoms with E-state index in [9.17, 15) is 14.4 Å². The van der Waals surface area contributed by atoms with Crippen LogP contribution < -0.4 is 10.7 Å². The van der Waals surface area contributed by atoms with Gasteiger partial charge in [0, 0.05) is 17.5 Å². The number of anilines is 1. The third kappa shape index (κ3) is 4.40. The molecule has 0 bridgehead atoms. The van der Waals surface area contributed by atoms with E-state index in [1.807, 2.05) is 30.3 Å². The molecule has 0 aliphatic heterocycles. The van der Waals surface area contributed by atoms with Crippen molar-refractivity contribution < 1.29 is 19.1 Å². The molecule has 8 heteroatoms. The average molecular weight is 385 g/mol. The second-order valence-corrected chi connectivity index (χ2v) is 7.05. The number of methoxy groups -OCH3 is 1. The SMILES string of the molecule is COC(=O)c1c(NC(=O)C(=O)NN=CCc2ccccc2)sc2c1CCC2. The Kier molecular flexibility index (Phi) is 5.97. The number of fused-ring (bicyclic) bond motifs is 1. The van der Waals surface area contributed by atoms with Crippen LogP contribution in [0.5, 0.6) is 0 Å². The molecule has 1 aromatic heterocycles. The smallest absolute Gasteiger partial charge is 0.341 e. The van der Waals surface area contributed by atoms with E-state index in [4.69, 9.17) is 4.74 Å². The van der Waals surface area contributed by atoms with Crippen molar-refractivity contribution in [2.75, 3.05) is 12.4 Å². The van der Waals surface area contributed by atoms with Crippen LogP contribution in [0.15, 0.2) is 35.4 Å². The lowest BCUT2D eigenvalue weighted by Crippen LogP contribution is -2.32. The molecule has 0 saturated carbocycles. The predicted octanol–water partition coefficient (Wildman–Crippen LogP) is 2.31. The summed E-state index contributed by atoms with van der Waals surface area (Å²) < 4.78 is 4.82. The number of nitrogens with zero attached hydrogens (tertiary/aromatic N) is 1. The summed E-state index contributed by atoms with van der Waals surface area (Å²) in [5.74, 6) is -2.29. The lowest BCUT2D eigenvalue weighted by atomic mass is 10.1. The van der Waals surface area contributed by atoms with Crippen LogP contribution in [0.3, 0.4) is 0 Å². The fourth-order valence-corrected chi connectivity index (χ4v) is 4.16. The summed E-state index contributed by atoms with van der Waals surface area (Å²) in [5.41, 5.74) is 4.49. The van der Waals surface area contributed by atoms with Gasteiger partial charge in [-0.15, -0.1) is 11.3 Å². The average Bonchev–Trinajstić information content (AvgIpc) is 3.26. The molecule has 1 aliphatic rings. The zero-order valence-corrected chi connectivity index (χ0v) is 15.6. The number of hydrazone groups is 1. The van der Waals surface area contributed by atoms with E-state index >= 15 is 0 Å². The third-order valence-electron chi connectivity index (χ3n) is 4.17. The summed E-state index contributed by atoms with van der Waals surface area (Å²) in [5, 5.41) is 6.63. The van der Waals surface area contributed by atoms with Gasteiger partial charge in [-0.3, -0.25) is 9.59 Å². The molecule has 0 spiro atoms. The highest BCUT2D eigenvalue weighted by atomic mass is 32.1. The first kappa shape index (κ1) is 18.8. The van der Waals surface area contributed by atoms with E-state index in [0.717, 1.165) is 35.3 Å². The Morgan fingerprint density at radius 3 is 2.70 bits per heavy atom. The summed E-state index contributed by atoms with van der Waals surface area (Å²) in [4.78, 5) is 37.2. The summed E-state index contributed by atoms with van der Waals surface area (Å²) in [6.45, 7) is 0. The van der Waals surface area contributed by atoms with Crippen molar-refractivity contribution in [2.45, 2.75) is 25.7 Å². The highest BCUT2D eigenvalue weighted by Crippen LogP contribution is 2.39. The molecule has 0 radical (unpaired) electrons. The molecule has 1 heterocycles. The van der Waals surface area contributed by atoms with E-state index in [-0.39, 0.29) is 0 Å². The van der Waals surface area contributed by atoms with Gasteiger partial charge >= 0.3 is 17.8 Å². The topological polar surface area (TPSA) is 96.9 Å². The zero-order valence-electron chi connectivity index (χ0n) is 14.8. The minimum absolute atomic E-state index is 0.347. The fourth-order valence-electron chi connectivity index (χ4n) is 2.89. The van der Waals surface area contributed by atoms with Crippen LogP contribution in [0, 0.1) is 0 Å². The maximum Gasteiger partial charge on any atom is 0.341 e. The number of aryl methyl sites for hydroxylation is 1. The number of rotatable bonds is 5. The molecule has 0 unspecified atom stereocenters. The number of hydrogen-bond donors (Lipinski definition) is 2. The van der Waals surface area contributed by atoms with Gasteiger partial charge in [0.05, 0.1) is 12.7 Å². The number of benzene rings is 1. The summed E-state index contributed by atoms with van der Waals surface area (Å²) in [6, 6.07) is 9.60. The van der Waals surface area contributed by atoms with Gasteiger partial charge in [0.2, 0.25) is 0 Å². The lowest BCUT2D eigenvalue weighted by molar-refractivity contribution is -0.136. The Balaban J connectivity index is 1.60. The normalized spacial score (nSPS) is 12.6. The van der Waals surface area contributed by atoms with Gasteiger partial charge in [-0.2, -0.15) is 5.10 Å². The standard InChI is InChI=1S/C19H19N3O4S/c1-26-19(25)15-13-8-5-9-14(13)27-18(15)21-16(23)17(24)22-20-11-10-12-6-3-2-4-7-12/h2-4,6-7,11H,5,8-10H2,1H3,(H,21,23)(H,22,24). The van der Waals surface area contributed by atoms with Crippen LogP contribution in [0.4, 0.5) is 5.00 Å². The van der Waals surface area contributed by atoms with Crippen molar-refractivity contribution in [3.8, 4) is 0 Å². The Morgan fingerprint density at radius 1 is 1.19 bits per heavy atom. The fraction of sp³-hybridized carbons (Fsp3) is 0.263. The Labute approximate surface area is 160 Å². The second-order valence-electron chi connectivity index (χ2n) is 5.95. The largest absolute Gasteiger partial charge is 0.465 e. The van der Waals surface area contributed by atoms with E-state index in [1.54, 1.807) is 0 Å². The first-order chi connectivity index (χ1) is 13.1. The Bertz CT molecular complexity index is 890. The third-order valence-corrected chi connectivity index (χ3v) is 5.38. The molecular weight excluding hydrogens is 366 g/mol. The molecule has 140 valence electrons. The van der Waals surface area contributed by atoms with Crippen molar-refractivity contribution in [1.82, 2.24) is 5.43 Å². The molecule has 2 aromatic rings. The van der Waals surface area contributed by atoms with Crippen LogP contribution in [-0.2, 0) is 33.6 Å².